The zero-order chi connectivity index (χ0) is 43.3. The molecule has 0 aromatic rings. The van der Waals surface area contributed by atoms with Gasteiger partial charge in [-0.25, -0.2) is 4.57 Å². The number of rotatable bonds is 38. The number of epoxide rings is 1. The molecule has 1 fully saturated rings. The number of esters is 2. The Morgan fingerprint density at radius 2 is 1.14 bits per heavy atom. The first-order chi connectivity index (χ1) is 28.5. The Kier molecular flexibility index (Phi) is 32.9. The molecule has 0 aromatic heterocycles. The monoisotopic (exact) mass is 847 g/mol. The van der Waals surface area contributed by atoms with Crippen molar-refractivity contribution < 1.29 is 46.8 Å². The second kappa shape index (κ2) is 35.9. The normalized spacial score (nSPS) is 17.8. The third-order valence-electron chi connectivity index (χ3n) is 9.31. The highest BCUT2D eigenvalue weighted by molar-refractivity contribution is 7.47. The summed E-state index contributed by atoms with van der Waals surface area (Å²) in [6, 6.07) is 0. The molecule has 1 aliphatic rings. The van der Waals surface area contributed by atoms with Crippen LogP contribution in [0.5, 0.6) is 0 Å². The minimum atomic E-state index is -4.41. The van der Waals surface area contributed by atoms with Gasteiger partial charge in [-0.3, -0.25) is 18.6 Å². The summed E-state index contributed by atoms with van der Waals surface area (Å²) in [5, 5.41) is 0. The van der Waals surface area contributed by atoms with Crippen molar-refractivity contribution in [1.82, 2.24) is 0 Å². The van der Waals surface area contributed by atoms with Crippen molar-refractivity contribution in [3.8, 4) is 0 Å². The van der Waals surface area contributed by atoms with Crippen LogP contribution in [0.15, 0.2) is 85.1 Å². The van der Waals surface area contributed by atoms with Gasteiger partial charge in [-0.2, -0.15) is 0 Å². The molecule has 1 aliphatic heterocycles. The number of carbonyl (C=O) groups is 2. The maximum atomic E-state index is 12.7. The fourth-order valence-corrected chi connectivity index (χ4v) is 6.43. The minimum absolute atomic E-state index is 0.0103. The van der Waals surface area contributed by atoms with E-state index in [1.165, 1.54) is 19.3 Å². The largest absolute Gasteiger partial charge is 0.472 e. The summed E-state index contributed by atoms with van der Waals surface area (Å²) in [4.78, 5) is 35.4. The molecule has 0 radical (unpaired) electrons. The third kappa shape index (κ3) is 36.7. The number of carbonyl (C=O) groups excluding carboxylic acids is 2. The molecule has 3 unspecified atom stereocenters. The van der Waals surface area contributed by atoms with Gasteiger partial charge in [-0.05, 0) is 89.9 Å². The van der Waals surface area contributed by atoms with Gasteiger partial charge in [-0.15, -0.1) is 0 Å². The van der Waals surface area contributed by atoms with E-state index < -0.39 is 32.5 Å². The fourth-order valence-electron chi connectivity index (χ4n) is 5.68. The van der Waals surface area contributed by atoms with E-state index in [1.54, 1.807) is 0 Å². The lowest BCUT2D eigenvalue weighted by atomic mass is 10.1. The van der Waals surface area contributed by atoms with Crippen molar-refractivity contribution in [1.29, 1.82) is 0 Å². The van der Waals surface area contributed by atoms with Gasteiger partial charge < -0.3 is 23.6 Å². The highest BCUT2D eigenvalue weighted by Crippen LogP contribution is 2.43. The Bertz CT molecular complexity index is 1340. The zero-order valence-electron chi connectivity index (χ0n) is 37.4. The average Bonchev–Trinajstić information content (AvgIpc) is 3.94. The molecule has 11 heteroatoms. The highest BCUT2D eigenvalue weighted by Gasteiger charge is 2.36. The summed E-state index contributed by atoms with van der Waals surface area (Å²) in [5.74, 6) is -0.909. The first-order valence-electron chi connectivity index (χ1n) is 22.4. The van der Waals surface area contributed by atoms with Crippen molar-refractivity contribution in [2.75, 3.05) is 47.5 Å². The Labute approximate surface area is 358 Å². The number of unbranched alkanes of at least 4 members (excludes halogenated alkanes) is 8. The van der Waals surface area contributed by atoms with Gasteiger partial charge in [0.15, 0.2) is 6.10 Å². The number of quaternary nitrogens is 1. The molecule has 4 atom stereocenters. The third-order valence-corrected chi connectivity index (χ3v) is 10.3. The van der Waals surface area contributed by atoms with Crippen molar-refractivity contribution in [3.05, 3.63) is 85.1 Å². The van der Waals surface area contributed by atoms with Crippen LogP contribution in [0.4, 0.5) is 0 Å². The molecule has 1 heterocycles. The van der Waals surface area contributed by atoms with Gasteiger partial charge in [-0.1, -0.05) is 125 Å². The molecule has 10 nitrogen and oxygen atoms in total. The number of likely N-dealkylation sites (N-methyl/N-ethyl adjacent to an activating group) is 1. The van der Waals surface area contributed by atoms with Crippen LogP contribution in [0, 0.1) is 0 Å². The maximum absolute atomic E-state index is 12.7. The van der Waals surface area contributed by atoms with Gasteiger partial charge in [0.1, 0.15) is 19.8 Å². The van der Waals surface area contributed by atoms with Crippen molar-refractivity contribution >= 4 is 19.8 Å². The Hall–Kier alpha value is -2.85. The second-order valence-corrected chi connectivity index (χ2v) is 17.5. The summed E-state index contributed by atoms with van der Waals surface area (Å²) < 4.78 is 40.0. The van der Waals surface area contributed by atoms with Gasteiger partial charge in [0.25, 0.3) is 0 Å². The van der Waals surface area contributed by atoms with Crippen LogP contribution >= 0.6 is 7.82 Å². The van der Waals surface area contributed by atoms with Crippen LogP contribution in [0.1, 0.15) is 142 Å². The summed E-state index contributed by atoms with van der Waals surface area (Å²) in [7, 11) is 1.40. The zero-order valence-corrected chi connectivity index (χ0v) is 38.3. The van der Waals surface area contributed by atoms with E-state index in [4.69, 9.17) is 23.3 Å². The Balaban J connectivity index is 2.35. The lowest BCUT2D eigenvalue weighted by Gasteiger charge is -2.24. The quantitative estimate of drug-likeness (QED) is 0.0162. The van der Waals surface area contributed by atoms with Crippen LogP contribution in [0.3, 0.4) is 0 Å². The van der Waals surface area contributed by atoms with Gasteiger partial charge in [0, 0.05) is 12.8 Å². The average molecular weight is 847 g/mol. The SMILES string of the molecule is CC/C=C\C/C=C\C/C=C\C/C=C\CCCCCCC(=O)O[C@H](COC(=O)CCC/C=C\CC1OC1C/C=C\C/C=C\CCCCC)COP(=O)(O)OCC[N+](C)(C)C. The van der Waals surface area contributed by atoms with E-state index >= 15 is 0 Å². The molecule has 0 aromatic carbocycles. The molecule has 0 spiro atoms. The van der Waals surface area contributed by atoms with Crippen LogP contribution in [-0.2, 0) is 37.4 Å². The van der Waals surface area contributed by atoms with Crippen molar-refractivity contribution in [2.24, 2.45) is 0 Å². The van der Waals surface area contributed by atoms with E-state index in [2.05, 4.69) is 98.9 Å². The number of hydrogen-bond acceptors (Lipinski definition) is 8. The summed E-state index contributed by atoms with van der Waals surface area (Å²) in [5.41, 5.74) is 0. The molecular weight excluding hydrogens is 766 g/mol. The van der Waals surface area contributed by atoms with Crippen LogP contribution in [-0.4, -0.2) is 87.1 Å². The standard InChI is InChI=1S/C48H80NO9P/c1-6-8-10-12-14-16-17-18-19-20-21-22-23-25-27-29-35-39-48(51)57-44(43-56-59(52,53)55-41-40-49(3,4)5)42-54-47(50)38-34-31-30-33-37-46-45(58-46)36-32-28-26-24-15-13-11-9-7-2/h8,10,14-16,18-19,21-22,24,28,30,32-33,44-46H,6-7,9,11-13,17,20,23,25-27,29,31,34-43H2,1-5H3/p+1/b10-8-,16-14-,19-18-,22-21-,24-15-,32-28-,33-30-/t44-,45?,46?/m1/s1. The van der Waals surface area contributed by atoms with E-state index in [1.807, 2.05) is 21.1 Å². The lowest BCUT2D eigenvalue weighted by molar-refractivity contribution is -0.870. The van der Waals surface area contributed by atoms with E-state index in [0.29, 0.717) is 23.9 Å². The molecule has 1 N–H and O–H groups in total. The second-order valence-electron chi connectivity index (χ2n) is 16.1. The fraction of sp³-hybridized carbons (Fsp3) is 0.667. The molecule has 0 saturated carbocycles. The number of phosphoric acid groups is 1. The Morgan fingerprint density at radius 1 is 0.627 bits per heavy atom. The number of phosphoric ester groups is 1. The number of nitrogens with zero attached hydrogens (tertiary/aromatic N) is 1. The summed E-state index contributed by atoms with van der Waals surface area (Å²) in [6.07, 6.45) is 48.0. The van der Waals surface area contributed by atoms with Crippen LogP contribution in [0.2, 0.25) is 0 Å². The molecule has 1 saturated heterocycles. The lowest BCUT2D eigenvalue weighted by Crippen LogP contribution is -2.37. The first kappa shape index (κ1) is 54.2. The van der Waals surface area contributed by atoms with E-state index in [0.717, 1.165) is 83.5 Å². The molecule has 0 bridgehead atoms. The van der Waals surface area contributed by atoms with E-state index in [9.17, 15) is 19.0 Å². The van der Waals surface area contributed by atoms with Crippen LogP contribution in [0.25, 0.3) is 0 Å². The van der Waals surface area contributed by atoms with Gasteiger partial charge >= 0.3 is 19.8 Å². The predicted octanol–water partition coefficient (Wildman–Crippen LogP) is 11.8. The van der Waals surface area contributed by atoms with Crippen molar-refractivity contribution in [3.63, 3.8) is 0 Å². The molecular formula is C48H81NO9P+. The smallest absolute Gasteiger partial charge is 0.462 e. The van der Waals surface area contributed by atoms with E-state index in [-0.39, 0.29) is 38.3 Å². The molecule has 59 heavy (non-hydrogen) atoms. The minimum Gasteiger partial charge on any atom is -0.462 e. The topological polar surface area (TPSA) is 121 Å². The molecule has 336 valence electrons. The highest BCUT2D eigenvalue weighted by atomic mass is 31.2. The van der Waals surface area contributed by atoms with Gasteiger partial charge in [0.05, 0.1) is 40.0 Å². The number of ether oxygens (including phenoxy) is 3. The van der Waals surface area contributed by atoms with Crippen LogP contribution < -0.4 is 0 Å². The first-order valence-corrected chi connectivity index (χ1v) is 23.9. The maximum Gasteiger partial charge on any atom is 0.472 e. The number of hydrogen-bond donors (Lipinski definition) is 1. The predicted molar refractivity (Wildman–Crippen MR) is 242 cm³/mol. The summed E-state index contributed by atoms with van der Waals surface area (Å²) in [6.45, 7) is 4.14. The Morgan fingerprint density at radius 3 is 1.75 bits per heavy atom. The number of allylic oxidation sites excluding steroid dienone is 12. The molecule has 0 aliphatic carbocycles. The molecule has 0 amide bonds. The van der Waals surface area contributed by atoms with Crippen molar-refractivity contribution in [2.45, 2.75) is 161 Å². The summed E-state index contributed by atoms with van der Waals surface area (Å²) >= 11 is 0. The molecule has 1 rings (SSSR count). The van der Waals surface area contributed by atoms with Gasteiger partial charge in [0.2, 0.25) is 0 Å².